The van der Waals surface area contributed by atoms with Crippen molar-refractivity contribution in [3.8, 4) is 0 Å². The molecular formula is C15H15F3N2. The molecule has 0 fully saturated rings. The number of fused-ring (bicyclic) bond motifs is 2. The first-order valence-electron chi connectivity index (χ1n) is 6.67. The van der Waals surface area contributed by atoms with E-state index in [-0.39, 0.29) is 0 Å². The summed E-state index contributed by atoms with van der Waals surface area (Å²) in [5, 5.41) is 3.89. The van der Waals surface area contributed by atoms with Gasteiger partial charge in [-0.3, -0.25) is 4.98 Å². The largest absolute Gasteiger partial charge is 0.416 e. The Labute approximate surface area is 115 Å². The second-order valence-electron chi connectivity index (χ2n) is 5.17. The van der Waals surface area contributed by atoms with Gasteiger partial charge in [0.1, 0.15) is 0 Å². The van der Waals surface area contributed by atoms with E-state index in [1.807, 2.05) is 6.92 Å². The number of benzene rings is 1. The van der Waals surface area contributed by atoms with Crippen LogP contribution < -0.4 is 5.32 Å². The van der Waals surface area contributed by atoms with Crippen LogP contribution in [0.15, 0.2) is 18.2 Å². The highest BCUT2D eigenvalue weighted by Crippen LogP contribution is 2.33. The number of rotatable bonds is 0. The molecule has 1 aliphatic heterocycles. The Morgan fingerprint density at radius 3 is 2.80 bits per heavy atom. The summed E-state index contributed by atoms with van der Waals surface area (Å²) in [7, 11) is 0. The van der Waals surface area contributed by atoms with Crippen LogP contribution in [0.5, 0.6) is 0 Å². The van der Waals surface area contributed by atoms with Gasteiger partial charge < -0.3 is 5.32 Å². The van der Waals surface area contributed by atoms with Crippen LogP contribution in [-0.4, -0.2) is 11.5 Å². The summed E-state index contributed by atoms with van der Waals surface area (Å²) in [6.07, 6.45) is -2.43. The van der Waals surface area contributed by atoms with Crippen molar-refractivity contribution < 1.29 is 13.2 Å². The van der Waals surface area contributed by atoms with E-state index in [0.717, 1.165) is 42.3 Å². The van der Waals surface area contributed by atoms with Crippen LogP contribution in [0.1, 0.15) is 28.8 Å². The SMILES string of the molecule is Cc1c2c(nc3ccc(C(F)(F)F)cc13)CCCNC2. The molecule has 0 unspecified atom stereocenters. The zero-order valence-corrected chi connectivity index (χ0v) is 11.1. The van der Waals surface area contributed by atoms with Crippen LogP contribution >= 0.6 is 0 Å². The molecule has 2 nitrogen and oxygen atoms in total. The third-order valence-corrected chi connectivity index (χ3v) is 3.85. The fraction of sp³-hybridized carbons (Fsp3) is 0.400. The number of alkyl halides is 3. The summed E-state index contributed by atoms with van der Waals surface area (Å²) >= 11 is 0. The summed E-state index contributed by atoms with van der Waals surface area (Å²) in [5.74, 6) is 0. The molecule has 0 atom stereocenters. The molecule has 0 spiro atoms. The maximum Gasteiger partial charge on any atom is 0.416 e. The molecule has 1 N–H and O–H groups in total. The highest BCUT2D eigenvalue weighted by Gasteiger charge is 2.30. The molecule has 0 amide bonds. The first-order chi connectivity index (χ1) is 9.47. The molecular weight excluding hydrogens is 265 g/mol. The molecule has 1 aromatic heterocycles. The highest BCUT2D eigenvalue weighted by molar-refractivity contribution is 5.84. The van der Waals surface area contributed by atoms with E-state index < -0.39 is 11.7 Å². The number of halogens is 3. The molecule has 0 radical (unpaired) electrons. The fourth-order valence-electron chi connectivity index (χ4n) is 2.74. The Morgan fingerprint density at radius 1 is 1.25 bits per heavy atom. The predicted octanol–water partition coefficient (Wildman–Crippen LogP) is 3.60. The summed E-state index contributed by atoms with van der Waals surface area (Å²) < 4.78 is 38.5. The Hall–Kier alpha value is -1.62. The van der Waals surface area contributed by atoms with Crippen LogP contribution in [-0.2, 0) is 19.1 Å². The highest BCUT2D eigenvalue weighted by atomic mass is 19.4. The predicted molar refractivity (Wildman–Crippen MR) is 71.5 cm³/mol. The maximum atomic E-state index is 12.8. The summed E-state index contributed by atoms with van der Waals surface area (Å²) in [6.45, 7) is 3.48. The van der Waals surface area contributed by atoms with Crippen molar-refractivity contribution in [2.75, 3.05) is 6.54 Å². The third kappa shape index (κ3) is 2.26. The van der Waals surface area contributed by atoms with E-state index >= 15 is 0 Å². The Balaban J connectivity index is 2.23. The van der Waals surface area contributed by atoms with Gasteiger partial charge in [-0.15, -0.1) is 0 Å². The van der Waals surface area contributed by atoms with Crippen molar-refractivity contribution >= 4 is 10.9 Å². The lowest BCUT2D eigenvalue weighted by molar-refractivity contribution is -0.137. The van der Waals surface area contributed by atoms with Crippen LogP contribution in [0.4, 0.5) is 13.2 Å². The summed E-state index contributed by atoms with van der Waals surface area (Å²) in [6, 6.07) is 3.79. The number of aryl methyl sites for hydroxylation is 2. The van der Waals surface area contributed by atoms with Crippen molar-refractivity contribution in [1.82, 2.24) is 10.3 Å². The topological polar surface area (TPSA) is 24.9 Å². The molecule has 106 valence electrons. The maximum absolute atomic E-state index is 12.8. The lowest BCUT2D eigenvalue weighted by Crippen LogP contribution is -2.13. The van der Waals surface area contributed by atoms with Gasteiger partial charge in [0, 0.05) is 17.6 Å². The molecule has 3 rings (SSSR count). The average Bonchev–Trinajstić information content (AvgIpc) is 2.63. The van der Waals surface area contributed by atoms with E-state index in [0.29, 0.717) is 17.4 Å². The van der Waals surface area contributed by atoms with Crippen molar-refractivity contribution in [1.29, 1.82) is 0 Å². The molecule has 2 heterocycles. The van der Waals surface area contributed by atoms with Crippen molar-refractivity contribution in [3.05, 3.63) is 40.6 Å². The Bertz CT molecular complexity index is 662. The number of hydrogen-bond acceptors (Lipinski definition) is 2. The minimum atomic E-state index is -4.31. The molecule has 5 heteroatoms. The smallest absolute Gasteiger partial charge is 0.313 e. The molecule has 0 bridgehead atoms. The van der Waals surface area contributed by atoms with Crippen LogP contribution in [0, 0.1) is 6.92 Å². The van der Waals surface area contributed by atoms with E-state index in [1.54, 1.807) is 0 Å². The second-order valence-corrected chi connectivity index (χ2v) is 5.17. The molecule has 1 aromatic carbocycles. The normalized spacial score (nSPS) is 16.0. The summed E-state index contributed by atoms with van der Waals surface area (Å²) in [5.41, 5.74) is 3.01. The third-order valence-electron chi connectivity index (χ3n) is 3.85. The fourth-order valence-corrected chi connectivity index (χ4v) is 2.74. The van der Waals surface area contributed by atoms with Crippen LogP contribution in [0.3, 0.4) is 0 Å². The molecule has 0 aliphatic carbocycles. The first kappa shape index (κ1) is 13.4. The van der Waals surface area contributed by atoms with Gasteiger partial charge >= 0.3 is 6.18 Å². The first-order valence-corrected chi connectivity index (χ1v) is 6.67. The number of nitrogens with one attached hydrogen (secondary N) is 1. The zero-order valence-electron chi connectivity index (χ0n) is 11.1. The number of pyridine rings is 1. The number of hydrogen-bond donors (Lipinski definition) is 1. The monoisotopic (exact) mass is 280 g/mol. The van der Waals surface area contributed by atoms with E-state index in [1.165, 1.54) is 12.1 Å². The lowest BCUT2D eigenvalue weighted by atomic mass is 9.98. The molecule has 2 aromatic rings. The van der Waals surface area contributed by atoms with Crippen molar-refractivity contribution in [3.63, 3.8) is 0 Å². The van der Waals surface area contributed by atoms with Gasteiger partial charge in [0.05, 0.1) is 11.1 Å². The summed E-state index contributed by atoms with van der Waals surface area (Å²) in [4.78, 5) is 4.55. The standard InChI is InChI=1S/C15H15F3N2/c1-9-11-7-10(15(16,17)18)4-5-14(11)20-13-3-2-6-19-8-12(9)13/h4-5,7,19H,2-3,6,8H2,1H3. The van der Waals surface area contributed by atoms with E-state index in [2.05, 4.69) is 10.3 Å². The van der Waals surface area contributed by atoms with Crippen LogP contribution in [0.25, 0.3) is 10.9 Å². The zero-order chi connectivity index (χ0) is 14.3. The molecule has 0 saturated heterocycles. The van der Waals surface area contributed by atoms with Gasteiger partial charge in [0.2, 0.25) is 0 Å². The van der Waals surface area contributed by atoms with Gasteiger partial charge in [0.15, 0.2) is 0 Å². The molecule has 0 saturated carbocycles. The van der Waals surface area contributed by atoms with Gasteiger partial charge in [-0.2, -0.15) is 13.2 Å². The van der Waals surface area contributed by atoms with Gasteiger partial charge in [-0.1, -0.05) is 0 Å². The van der Waals surface area contributed by atoms with E-state index in [4.69, 9.17) is 0 Å². The van der Waals surface area contributed by atoms with Gasteiger partial charge in [0.25, 0.3) is 0 Å². The number of nitrogens with zero attached hydrogens (tertiary/aromatic N) is 1. The molecule has 20 heavy (non-hydrogen) atoms. The quantitative estimate of drug-likeness (QED) is 0.797. The van der Waals surface area contributed by atoms with Crippen LogP contribution in [0.2, 0.25) is 0 Å². The van der Waals surface area contributed by atoms with Crippen molar-refractivity contribution in [2.45, 2.75) is 32.5 Å². The molecule has 1 aliphatic rings. The Morgan fingerprint density at radius 2 is 2.05 bits per heavy atom. The van der Waals surface area contributed by atoms with Gasteiger partial charge in [-0.25, -0.2) is 0 Å². The van der Waals surface area contributed by atoms with Crippen molar-refractivity contribution in [2.24, 2.45) is 0 Å². The minimum Gasteiger partial charge on any atom is -0.313 e. The van der Waals surface area contributed by atoms with Gasteiger partial charge in [-0.05, 0) is 55.6 Å². The lowest BCUT2D eigenvalue weighted by Gasteiger charge is -2.14. The average molecular weight is 280 g/mol. The second kappa shape index (κ2) is 4.74. The Kier molecular flexibility index (Phi) is 3.17. The number of aromatic nitrogens is 1. The minimum absolute atomic E-state index is 0.599. The van der Waals surface area contributed by atoms with E-state index in [9.17, 15) is 13.2 Å².